The third-order valence-corrected chi connectivity index (χ3v) is 4.52. The van der Waals surface area contributed by atoms with Gasteiger partial charge >= 0.3 is 0 Å². The zero-order chi connectivity index (χ0) is 20.5. The SMILES string of the molecule is CNC(=O)c1ccc(F)c(C2=N[N+]3=Cc4ccc(NC(C)=O)cc4OCC3=C2)c1. The van der Waals surface area contributed by atoms with Crippen molar-refractivity contribution in [1.82, 2.24) is 5.32 Å². The Balaban J connectivity index is 1.70. The maximum Gasteiger partial charge on any atom is 0.254 e. The highest BCUT2D eigenvalue weighted by Crippen LogP contribution is 2.27. The molecule has 146 valence electrons. The predicted molar refractivity (Wildman–Crippen MR) is 106 cm³/mol. The number of rotatable bonds is 3. The molecule has 0 unspecified atom stereocenters. The number of nitrogens with zero attached hydrogens (tertiary/aromatic N) is 2. The Morgan fingerprint density at radius 2 is 2.03 bits per heavy atom. The van der Waals surface area contributed by atoms with Crippen LogP contribution in [0.5, 0.6) is 5.75 Å². The lowest BCUT2D eigenvalue weighted by Crippen LogP contribution is -2.18. The lowest BCUT2D eigenvalue weighted by molar-refractivity contribution is -0.475. The van der Waals surface area contributed by atoms with Gasteiger partial charge in [-0.3, -0.25) is 9.59 Å². The van der Waals surface area contributed by atoms with Crippen LogP contribution in [0.1, 0.15) is 28.4 Å². The highest BCUT2D eigenvalue weighted by molar-refractivity contribution is 6.11. The Morgan fingerprint density at radius 1 is 1.21 bits per heavy atom. The van der Waals surface area contributed by atoms with E-state index in [2.05, 4.69) is 15.7 Å². The van der Waals surface area contributed by atoms with Crippen molar-refractivity contribution in [1.29, 1.82) is 0 Å². The van der Waals surface area contributed by atoms with Crippen LogP contribution < -0.4 is 15.4 Å². The topological polar surface area (TPSA) is 82.8 Å². The number of amides is 2. The van der Waals surface area contributed by atoms with Crippen LogP contribution in [0.3, 0.4) is 0 Å². The van der Waals surface area contributed by atoms with Crippen LogP contribution in [-0.2, 0) is 4.79 Å². The second kappa shape index (κ2) is 7.31. The van der Waals surface area contributed by atoms with E-state index in [4.69, 9.17) is 4.74 Å². The highest BCUT2D eigenvalue weighted by Gasteiger charge is 2.29. The second-order valence-electron chi connectivity index (χ2n) is 6.59. The number of carbonyl (C=O) groups excluding carboxylic acids is 2. The van der Waals surface area contributed by atoms with Crippen LogP contribution in [0.4, 0.5) is 10.1 Å². The van der Waals surface area contributed by atoms with Gasteiger partial charge in [0.2, 0.25) is 12.1 Å². The molecule has 4 rings (SSSR count). The summed E-state index contributed by atoms with van der Waals surface area (Å²) >= 11 is 0. The van der Waals surface area contributed by atoms with Gasteiger partial charge < -0.3 is 15.4 Å². The minimum atomic E-state index is -0.466. The van der Waals surface area contributed by atoms with Crippen LogP contribution in [0.15, 0.2) is 53.3 Å². The number of benzene rings is 2. The largest absolute Gasteiger partial charge is 0.482 e. The smallest absolute Gasteiger partial charge is 0.254 e. The Bertz CT molecular complexity index is 1130. The third-order valence-electron chi connectivity index (χ3n) is 4.52. The average molecular weight is 393 g/mol. The molecule has 8 heteroatoms. The maximum absolute atomic E-state index is 14.4. The summed E-state index contributed by atoms with van der Waals surface area (Å²) in [7, 11) is 1.52. The summed E-state index contributed by atoms with van der Waals surface area (Å²) in [5.41, 5.74) is 3.12. The van der Waals surface area contributed by atoms with Crippen molar-refractivity contribution in [2.45, 2.75) is 6.92 Å². The molecule has 29 heavy (non-hydrogen) atoms. The maximum atomic E-state index is 14.4. The van der Waals surface area contributed by atoms with Gasteiger partial charge in [-0.05, 0) is 30.3 Å². The van der Waals surface area contributed by atoms with Crippen LogP contribution in [0, 0.1) is 5.82 Å². The Labute approximate surface area is 166 Å². The van der Waals surface area contributed by atoms with Gasteiger partial charge in [-0.25, -0.2) is 4.39 Å². The normalized spacial score (nSPS) is 14.4. The Kier molecular flexibility index (Phi) is 4.67. The summed E-state index contributed by atoms with van der Waals surface area (Å²) < 4.78 is 21.9. The molecular weight excluding hydrogens is 375 g/mol. The van der Waals surface area contributed by atoms with Gasteiger partial charge in [0.05, 0.1) is 5.56 Å². The van der Waals surface area contributed by atoms with Gasteiger partial charge in [0, 0.05) is 48.0 Å². The van der Waals surface area contributed by atoms with E-state index < -0.39 is 5.82 Å². The van der Waals surface area contributed by atoms with Gasteiger partial charge in [0.25, 0.3) is 11.6 Å². The van der Waals surface area contributed by atoms with E-state index in [-0.39, 0.29) is 24.0 Å². The molecular formula is C21H18FN4O3+. The number of hydrogen-bond acceptors (Lipinski definition) is 4. The van der Waals surface area contributed by atoms with Gasteiger partial charge in [-0.1, -0.05) is 4.68 Å². The molecule has 2 N–H and O–H groups in total. The van der Waals surface area contributed by atoms with Crippen LogP contribution in [0.25, 0.3) is 0 Å². The first-order valence-corrected chi connectivity index (χ1v) is 8.94. The number of hydrazone groups is 1. The molecule has 0 spiro atoms. The molecule has 2 heterocycles. The van der Waals surface area contributed by atoms with Crippen molar-refractivity contribution >= 4 is 29.4 Å². The molecule has 2 amide bonds. The predicted octanol–water partition coefficient (Wildman–Crippen LogP) is 2.27. The van der Waals surface area contributed by atoms with Crippen molar-refractivity contribution in [2.24, 2.45) is 5.10 Å². The number of allylic oxidation sites excluding steroid dienone is 1. The van der Waals surface area contributed by atoms with E-state index in [0.29, 0.717) is 22.7 Å². The summed E-state index contributed by atoms with van der Waals surface area (Å²) in [5.74, 6) is -0.324. The lowest BCUT2D eigenvalue weighted by Gasteiger charge is -2.07. The van der Waals surface area contributed by atoms with E-state index in [9.17, 15) is 14.0 Å². The van der Waals surface area contributed by atoms with Gasteiger partial charge in [0.15, 0.2) is 6.61 Å². The molecule has 2 aromatic carbocycles. The number of fused-ring (bicyclic) bond motifs is 2. The number of hydrogen-bond donors (Lipinski definition) is 2. The second-order valence-corrected chi connectivity index (χ2v) is 6.59. The third kappa shape index (κ3) is 3.64. The fourth-order valence-electron chi connectivity index (χ4n) is 3.12. The fraction of sp³-hybridized carbons (Fsp3) is 0.143. The van der Waals surface area contributed by atoms with E-state index in [1.807, 2.05) is 6.07 Å². The first-order valence-electron chi connectivity index (χ1n) is 8.94. The Hall–Kier alpha value is -3.81. The van der Waals surface area contributed by atoms with E-state index >= 15 is 0 Å². The molecule has 0 aromatic heterocycles. The molecule has 0 bridgehead atoms. The number of carbonyl (C=O) groups is 2. The molecule has 0 atom stereocenters. The summed E-state index contributed by atoms with van der Waals surface area (Å²) in [6.07, 6.45) is 3.50. The molecule has 0 radical (unpaired) electrons. The first kappa shape index (κ1) is 18.5. The zero-order valence-corrected chi connectivity index (χ0v) is 15.8. The van der Waals surface area contributed by atoms with Crippen molar-refractivity contribution in [3.05, 3.63) is 70.7 Å². The van der Waals surface area contributed by atoms with Crippen molar-refractivity contribution in [3.63, 3.8) is 0 Å². The Morgan fingerprint density at radius 3 is 2.79 bits per heavy atom. The van der Waals surface area contributed by atoms with Crippen molar-refractivity contribution in [3.8, 4) is 5.75 Å². The monoisotopic (exact) mass is 393 g/mol. The van der Waals surface area contributed by atoms with E-state index in [1.54, 1.807) is 29.1 Å². The number of ether oxygens (including phenoxy) is 1. The molecule has 2 aliphatic rings. The lowest BCUT2D eigenvalue weighted by atomic mass is 10.0. The molecule has 0 saturated carbocycles. The van der Waals surface area contributed by atoms with Gasteiger partial charge in [-0.2, -0.15) is 0 Å². The highest BCUT2D eigenvalue weighted by atomic mass is 19.1. The number of halogens is 1. The number of anilines is 1. The van der Waals surface area contributed by atoms with Crippen LogP contribution in [-0.4, -0.2) is 42.1 Å². The average Bonchev–Trinajstić information content (AvgIpc) is 3.01. The molecule has 0 saturated heterocycles. The standard InChI is InChI=1S/C21H17FN4O3/c1-12(27)24-15-5-3-14-10-26-16(11-29-20(14)8-15)9-19(25-26)17-7-13(21(28)23-2)4-6-18(17)22/h3-10H,11H2,1-2H3,(H,23,28)/p+1. The van der Waals surface area contributed by atoms with Gasteiger partial charge in [0.1, 0.15) is 17.3 Å². The minimum Gasteiger partial charge on any atom is -0.482 e. The summed E-state index contributed by atoms with van der Waals surface area (Å²) in [6, 6.07) is 9.48. The fourth-order valence-corrected chi connectivity index (χ4v) is 3.12. The molecule has 2 aliphatic heterocycles. The zero-order valence-electron chi connectivity index (χ0n) is 15.8. The van der Waals surface area contributed by atoms with E-state index in [1.165, 1.54) is 32.2 Å². The van der Waals surface area contributed by atoms with Crippen molar-refractivity contribution in [2.75, 3.05) is 19.0 Å². The van der Waals surface area contributed by atoms with E-state index in [0.717, 1.165) is 11.3 Å². The first-order chi connectivity index (χ1) is 13.9. The minimum absolute atomic E-state index is 0.166. The molecule has 0 aliphatic carbocycles. The van der Waals surface area contributed by atoms with Crippen LogP contribution >= 0.6 is 0 Å². The van der Waals surface area contributed by atoms with Gasteiger partial charge in [-0.15, -0.1) is 0 Å². The molecule has 7 nitrogen and oxygen atoms in total. The quantitative estimate of drug-likeness (QED) is 0.785. The molecule has 2 aromatic rings. The summed E-state index contributed by atoms with van der Waals surface area (Å²) in [4.78, 5) is 23.1. The van der Waals surface area contributed by atoms with Crippen molar-refractivity contribution < 1.29 is 23.4 Å². The van der Waals surface area contributed by atoms with Crippen LogP contribution in [0.2, 0.25) is 0 Å². The summed E-state index contributed by atoms with van der Waals surface area (Å²) in [5, 5.41) is 9.72. The number of nitrogens with one attached hydrogen (secondary N) is 2. The molecule has 0 fully saturated rings. The summed E-state index contributed by atoms with van der Waals surface area (Å²) in [6.45, 7) is 1.66.